The normalized spacial score (nSPS) is 11.1. The van der Waals surface area contributed by atoms with Crippen LogP contribution in [-0.4, -0.2) is 29.2 Å². The van der Waals surface area contributed by atoms with Gasteiger partial charge in [-0.2, -0.15) is 0 Å². The van der Waals surface area contributed by atoms with Crippen LogP contribution in [-0.2, 0) is 17.0 Å². The minimum atomic E-state index is -0.418. The molecular formula is C26H26N2O4S2. The van der Waals surface area contributed by atoms with E-state index in [1.54, 1.807) is 25.5 Å². The van der Waals surface area contributed by atoms with Crippen molar-refractivity contribution in [3.8, 4) is 5.75 Å². The molecule has 0 amide bonds. The summed E-state index contributed by atoms with van der Waals surface area (Å²) in [6, 6.07) is 15.8. The molecule has 0 atom stereocenters. The summed E-state index contributed by atoms with van der Waals surface area (Å²) in [5.41, 5.74) is 3.80. The summed E-state index contributed by atoms with van der Waals surface area (Å²) in [6.45, 7) is 6.27. The lowest BCUT2D eigenvalue weighted by Gasteiger charge is -2.13. The average molecular weight is 495 g/mol. The van der Waals surface area contributed by atoms with Gasteiger partial charge in [-0.15, -0.1) is 11.3 Å². The molecular weight excluding hydrogens is 468 g/mol. The fourth-order valence-corrected chi connectivity index (χ4v) is 5.86. The monoisotopic (exact) mass is 494 g/mol. The number of fused-ring (bicyclic) bond motifs is 1. The zero-order valence-electron chi connectivity index (χ0n) is 19.6. The number of carbonyl (C=O) groups is 1. The highest BCUT2D eigenvalue weighted by Gasteiger charge is 2.22. The number of carbonyl (C=O) groups excluding carboxylic acids is 1. The van der Waals surface area contributed by atoms with E-state index in [4.69, 9.17) is 14.5 Å². The Kier molecular flexibility index (Phi) is 7.38. The third-order valence-corrected chi connectivity index (χ3v) is 7.78. The van der Waals surface area contributed by atoms with Crippen LogP contribution in [0.15, 0.2) is 58.5 Å². The van der Waals surface area contributed by atoms with E-state index in [9.17, 15) is 9.59 Å². The quantitative estimate of drug-likeness (QED) is 0.180. The van der Waals surface area contributed by atoms with Gasteiger partial charge in [0, 0.05) is 5.75 Å². The van der Waals surface area contributed by atoms with Crippen LogP contribution < -0.4 is 10.3 Å². The Hall–Kier alpha value is -3.10. The Bertz CT molecular complexity index is 1390. The fourth-order valence-electron chi connectivity index (χ4n) is 3.67. The van der Waals surface area contributed by atoms with Gasteiger partial charge in [-0.05, 0) is 55.2 Å². The van der Waals surface area contributed by atoms with Crippen LogP contribution in [0.3, 0.4) is 0 Å². The van der Waals surface area contributed by atoms with Gasteiger partial charge in [-0.25, -0.2) is 9.78 Å². The Morgan fingerprint density at radius 1 is 1.12 bits per heavy atom. The first-order valence-electron chi connectivity index (χ1n) is 10.9. The summed E-state index contributed by atoms with van der Waals surface area (Å²) < 4.78 is 12.1. The number of nitrogens with zero attached hydrogens (tertiary/aromatic N) is 2. The van der Waals surface area contributed by atoms with E-state index in [1.165, 1.54) is 34.2 Å². The highest BCUT2D eigenvalue weighted by molar-refractivity contribution is 7.98. The summed E-state index contributed by atoms with van der Waals surface area (Å²) in [7, 11) is 1.62. The molecule has 0 bridgehead atoms. The molecule has 0 unspecified atom stereocenters. The number of hydrogen-bond acceptors (Lipinski definition) is 7. The molecule has 176 valence electrons. The molecule has 0 saturated heterocycles. The number of aromatic nitrogens is 2. The fraction of sp³-hybridized carbons (Fsp3) is 0.269. The Balaban J connectivity index is 1.80. The van der Waals surface area contributed by atoms with Crippen molar-refractivity contribution in [2.24, 2.45) is 0 Å². The molecule has 4 rings (SSSR count). The molecule has 0 aliphatic carbocycles. The smallest absolute Gasteiger partial charge is 0.348 e. The number of ether oxygens (including phenoxy) is 2. The van der Waals surface area contributed by atoms with Crippen molar-refractivity contribution in [2.75, 3.05) is 13.7 Å². The van der Waals surface area contributed by atoms with Gasteiger partial charge in [0.25, 0.3) is 5.56 Å². The second-order valence-corrected chi connectivity index (χ2v) is 9.75. The Labute approximate surface area is 206 Å². The summed E-state index contributed by atoms with van der Waals surface area (Å²) >= 11 is 2.74. The molecule has 8 heteroatoms. The zero-order valence-corrected chi connectivity index (χ0v) is 21.2. The van der Waals surface area contributed by atoms with Crippen LogP contribution in [0.4, 0.5) is 0 Å². The number of methoxy groups -OCH3 is 1. The van der Waals surface area contributed by atoms with Crippen LogP contribution >= 0.6 is 23.1 Å². The van der Waals surface area contributed by atoms with Crippen molar-refractivity contribution in [1.82, 2.24) is 9.55 Å². The maximum Gasteiger partial charge on any atom is 0.348 e. The zero-order chi connectivity index (χ0) is 24.2. The van der Waals surface area contributed by atoms with Gasteiger partial charge < -0.3 is 9.47 Å². The molecule has 2 aromatic carbocycles. The first kappa shape index (κ1) is 24.0. The molecule has 6 nitrogen and oxygen atoms in total. The van der Waals surface area contributed by atoms with Crippen LogP contribution in [0.2, 0.25) is 0 Å². The minimum Gasteiger partial charge on any atom is -0.497 e. The van der Waals surface area contributed by atoms with E-state index in [0.717, 1.165) is 11.3 Å². The highest BCUT2D eigenvalue weighted by Crippen LogP contribution is 2.31. The van der Waals surface area contributed by atoms with Crippen molar-refractivity contribution < 1.29 is 14.3 Å². The van der Waals surface area contributed by atoms with E-state index in [2.05, 4.69) is 19.1 Å². The van der Waals surface area contributed by atoms with Gasteiger partial charge in [0.15, 0.2) is 5.16 Å². The van der Waals surface area contributed by atoms with Crippen molar-refractivity contribution >= 4 is 39.3 Å². The van der Waals surface area contributed by atoms with Crippen LogP contribution in [0, 0.1) is 13.8 Å². The molecule has 0 N–H and O–H groups in total. The molecule has 0 saturated carbocycles. The second kappa shape index (κ2) is 10.4. The average Bonchev–Trinajstić information content (AvgIpc) is 3.17. The Morgan fingerprint density at radius 2 is 1.85 bits per heavy atom. The third-order valence-electron chi connectivity index (χ3n) is 5.59. The summed E-state index contributed by atoms with van der Waals surface area (Å²) in [5, 5.41) is 1.09. The van der Waals surface area contributed by atoms with Crippen molar-refractivity contribution in [2.45, 2.75) is 38.2 Å². The lowest BCUT2D eigenvalue weighted by atomic mass is 10.1. The lowest BCUT2D eigenvalue weighted by molar-refractivity contribution is 0.0531. The topological polar surface area (TPSA) is 70.4 Å². The van der Waals surface area contributed by atoms with E-state index in [-0.39, 0.29) is 12.2 Å². The minimum absolute atomic E-state index is 0.155. The van der Waals surface area contributed by atoms with Crippen LogP contribution in [0.1, 0.15) is 38.8 Å². The molecule has 4 aromatic rings. The first-order chi connectivity index (χ1) is 16.4. The number of aryl methyl sites for hydroxylation is 2. The predicted molar refractivity (Wildman–Crippen MR) is 137 cm³/mol. The SMILES string of the molecule is CCOC(=O)c1sc2nc(SCc3ccccc3C)n(Cc3ccc(OC)cc3)c(=O)c2c1C. The number of rotatable bonds is 8. The van der Waals surface area contributed by atoms with E-state index in [1.807, 2.05) is 36.4 Å². The van der Waals surface area contributed by atoms with Crippen LogP contribution in [0.5, 0.6) is 5.75 Å². The lowest BCUT2D eigenvalue weighted by Crippen LogP contribution is -2.24. The van der Waals surface area contributed by atoms with Gasteiger partial charge in [-0.3, -0.25) is 9.36 Å². The molecule has 0 spiro atoms. The first-order valence-corrected chi connectivity index (χ1v) is 12.7. The number of thioether (sulfide) groups is 1. The van der Waals surface area contributed by atoms with Gasteiger partial charge in [-0.1, -0.05) is 48.2 Å². The molecule has 2 heterocycles. The summed E-state index contributed by atoms with van der Waals surface area (Å²) in [5.74, 6) is 1.02. The largest absolute Gasteiger partial charge is 0.497 e. The summed E-state index contributed by atoms with van der Waals surface area (Å²) in [4.78, 5) is 32.0. The number of hydrogen-bond donors (Lipinski definition) is 0. The number of esters is 1. The summed E-state index contributed by atoms with van der Waals surface area (Å²) in [6.07, 6.45) is 0. The standard InChI is InChI=1S/C26H26N2O4S2/c1-5-32-25(30)22-17(3)21-23(34-22)27-26(33-15-19-9-7-6-8-16(19)2)28(24(21)29)14-18-10-12-20(31-4)13-11-18/h6-13H,5,14-15H2,1-4H3. The van der Waals surface area contributed by atoms with Gasteiger partial charge >= 0.3 is 5.97 Å². The third kappa shape index (κ3) is 4.88. The molecule has 0 aliphatic rings. The predicted octanol–water partition coefficient (Wildman–Crippen LogP) is 5.60. The van der Waals surface area contributed by atoms with Crippen molar-refractivity contribution in [3.05, 3.63) is 86.0 Å². The van der Waals surface area contributed by atoms with Gasteiger partial charge in [0.2, 0.25) is 0 Å². The molecule has 34 heavy (non-hydrogen) atoms. The molecule has 0 radical (unpaired) electrons. The van der Waals surface area contributed by atoms with Gasteiger partial charge in [0.1, 0.15) is 15.5 Å². The highest BCUT2D eigenvalue weighted by atomic mass is 32.2. The van der Waals surface area contributed by atoms with E-state index < -0.39 is 5.97 Å². The van der Waals surface area contributed by atoms with Crippen molar-refractivity contribution in [1.29, 1.82) is 0 Å². The van der Waals surface area contributed by atoms with Crippen molar-refractivity contribution in [3.63, 3.8) is 0 Å². The second-order valence-electron chi connectivity index (χ2n) is 7.81. The maximum absolute atomic E-state index is 13.7. The number of benzene rings is 2. The molecule has 2 aromatic heterocycles. The van der Waals surface area contributed by atoms with Crippen LogP contribution in [0.25, 0.3) is 10.2 Å². The number of thiophene rings is 1. The maximum atomic E-state index is 13.7. The van der Waals surface area contributed by atoms with E-state index >= 15 is 0 Å². The Morgan fingerprint density at radius 3 is 2.53 bits per heavy atom. The van der Waals surface area contributed by atoms with E-state index in [0.29, 0.717) is 38.1 Å². The van der Waals surface area contributed by atoms with Gasteiger partial charge in [0.05, 0.1) is 25.6 Å². The molecule has 0 fully saturated rings. The molecule has 0 aliphatic heterocycles.